The second kappa shape index (κ2) is 9.54. The maximum Gasteiger partial charge on any atom is 0.225 e. The minimum atomic E-state index is 0.575. The second-order valence-corrected chi connectivity index (χ2v) is 5.95. The number of hydrogen-bond donors (Lipinski definition) is 2. The van der Waals surface area contributed by atoms with Crippen LogP contribution in [0, 0.1) is 0 Å². The average Bonchev–Trinajstić information content (AvgIpc) is 2.73. The van der Waals surface area contributed by atoms with Crippen LogP contribution < -0.4 is 15.4 Å². The fourth-order valence-electron chi connectivity index (χ4n) is 2.57. The molecule has 0 fully saturated rings. The van der Waals surface area contributed by atoms with E-state index in [1.165, 1.54) is 0 Å². The molecule has 6 nitrogen and oxygen atoms in total. The number of methoxy groups -OCH3 is 2. The van der Waals surface area contributed by atoms with Crippen molar-refractivity contribution < 1.29 is 9.47 Å². The van der Waals surface area contributed by atoms with E-state index in [2.05, 4.69) is 20.6 Å². The maximum atomic E-state index is 5.20. The van der Waals surface area contributed by atoms with E-state index < -0.39 is 0 Å². The van der Waals surface area contributed by atoms with Crippen LogP contribution in [0.15, 0.2) is 60.7 Å². The maximum absolute atomic E-state index is 5.20. The lowest BCUT2D eigenvalue weighted by atomic mass is 10.1. The number of benzene rings is 2. The van der Waals surface area contributed by atoms with E-state index in [1.54, 1.807) is 14.2 Å². The summed E-state index contributed by atoms with van der Waals surface area (Å²) in [5.74, 6) is 2.18. The first-order valence-corrected chi connectivity index (χ1v) is 8.82. The van der Waals surface area contributed by atoms with E-state index in [0.29, 0.717) is 25.6 Å². The van der Waals surface area contributed by atoms with Crippen molar-refractivity contribution in [2.24, 2.45) is 0 Å². The van der Waals surface area contributed by atoms with E-state index in [9.17, 15) is 0 Å². The first-order valence-electron chi connectivity index (χ1n) is 8.82. The van der Waals surface area contributed by atoms with Gasteiger partial charge < -0.3 is 20.1 Å². The van der Waals surface area contributed by atoms with Gasteiger partial charge in [0.15, 0.2) is 0 Å². The molecule has 0 aliphatic heterocycles. The molecular formula is C21H24N4O2. The summed E-state index contributed by atoms with van der Waals surface area (Å²) < 4.78 is 10.3. The predicted molar refractivity (Wildman–Crippen MR) is 108 cm³/mol. The molecule has 1 heterocycles. The van der Waals surface area contributed by atoms with E-state index in [1.807, 2.05) is 60.7 Å². The minimum absolute atomic E-state index is 0.575. The Hall–Kier alpha value is -3.12. The highest BCUT2D eigenvalue weighted by molar-refractivity contribution is 5.64. The van der Waals surface area contributed by atoms with Gasteiger partial charge in [0.05, 0.1) is 19.4 Å². The zero-order valence-corrected chi connectivity index (χ0v) is 15.6. The second-order valence-electron chi connectivity index (χ2n) is 5.95. The summed E-state index contributed by atoms with van der Waals surface area (Å²) in [6.45, 7) is 1.90. The number of nitrogens with one attached hydrogen (secondary N) is 2. The van der Waals surface area contributed by atoms with Crippen molar-refractivity contribution in [1.29, 1.82) is 0 Å². The number of nitrogens with zero attached hydrogens (tertiary/aromatic N) is 2. The Morgan fingerprint density at radius 2 is 1.67 bits per heavy atom. The van der Waals surface area contributed by atoms with E-state index >= 15 is 0 Å². The van der Waals surface area contributed by atoms with E-state index in [-0.39, 0.29) is 0 Å². The topological polar surface area (TPSA) is 68.3 Å². The molecule has 0 aliphatic rings. The summed E-state index contributed by atoms with van der Waals surface area (Å²) in [7, 11) is 3.34. The van der Waals surface area contributed by atoms with Gasteiger partial charge >= 0.3 is 0 Å². The fourth-order valence-corrected chi connectivity index (χ4v) is 2.57. The summed E-state index contributed by atoms with van der Waals surface area (Å²) in [6, 6.07) is 20.0. The van der Waals surface area contributed by atoms with Gasteiger partial charge in [0.2, 0.25) is 5.95 Å². The average molecular weight is 364 g/mol. The van der Waals surface area contributed by atoms with Crippen LogP contribution in [-0.2, 0) is 11.3 Å². The van der Waals surface area contributed by atoms with Gasteiger partial charge in [-0.3, -0.25) is 0 Å². The lowest BCUT2D eigenvalue weighted by Crippen LogP contribution is -2.12. The van der Waals surface area contributed by atoms with Crippen LogP contribution in [0.25, 0.3) is 11.3 Å². The molecule has 0 saturated heterocycles. The van der Waals surface area contributed by atoms with Crippen molar-refractivity contribution in [1.82, 2.24) is 9.97 Å². The van der Waals surface area contributed by atoms with E-state index in [0.717, 1.165) is 28.4 Å². The molecule has 0 saturated carbocycles. The van der Waals surface area contributed by atoms with Gasteiger partial charge in [-0.05, 0) is 17.7 Å². The standard InChI is InChI=1S/C21H24N4O2/c1-26-13-12-22-21-24-19(17-6-4-3-5-7-17)14-20(25-21)23-15-16-8-10-18(27-2)11-9-16/h3-11,14H,12-13,15H2,1-2H3,(H2,22,23,24,25). The van der Waals surface area contributed by atoms with Crippen molar-refractivity contribution in [3.63, 3.8) is 0 Å². The lowest BCUT2D eigenvalue weighted by Gasteiger charge is -2.12. The molecule has 3 aromatic rings. The van der Waals surface area contributed by atoms with Crippen molar-refractivity contribution in [3.05, 3.63) is 66.2 Å². The van der Waals surface area contributed by atoms with Gasteiger partial charge in [-0.25, -0.2) is 4.98 Å². The normalized spacial score (nSPS) is 10.4. The molecule has 0 bridgehead atoms. The first kappa shape index (κ1) is 18.7. The van der Waals surface area contributed by atoms with Gasteiger partial charge in [0.25, 0.3) is 0 Å². The van der Waals surface area contributed by atoms with Crippen molar-refractivity contribution in [2.75, 3.05) is 38.0 Å². The van der Waals surface area contributed by atoms with Crippen LogP contribution in [0.2, 0.25) is 0 Å². The molecule has 6 heteroatoms. The molecule has 2 N–H and O–H groups in total. The van der Waals surface area contributed by atoms with Gasteiger partial charge in [-0.2, -0.15) is 4.98 Å². The Balaban J connectivity index is 1.78. The van der Waals surface area contributed by atoms with Crippen LogP contribution in [0.1, 0.15) is 5.56 Å². The van der Waals surface area contributed by atoms with Gasteiger partial charge in [-0.1, -0.05) is 42.5 Å². The Labute approximate surface area is 159 Å². The largest absolute Gasteiger partial charge is 0.497 e. The Bertz CT molecular complexity index is 839. The molecule has 0 radical (unpaired) electrons. The minimum Gasteiger partial charge on any atom is -0.497 e. The van der Waals surface area contributed by atoms with Crippen LogP contribution in [0.4, 0.5) is 11.8 Å². The third-order valence-electron chi connectivity index (χ3n) is 4.02. The molecule has 0 amide bonds. The molecular weight excluding hydrogens is 340 g/mol. The van der Waals surface area contributed by atoms with Crippen LogP contribution >= 0.6 is 0 Å². The van der Waals surface area contributed by atoms with Crippen molar-refractivity contribution in [3.8, 4) is 17.0 Å². The third kappa shape index (κ3) is 5.43. The summed E-state index contributed by atoms with van der Waals surface area (Å²) in [6.07, 6.45) is 0. The van der Waals surface area contributed by atoms with Gasteiger partial charge in [0, 0.05) is 31.8 Å². The Morgan fingerprint density at radius 1 is 0.889 bits per heavy atom. The van der Waals surface area contributed by atoms with E-state index in [4.69, 9.17) is 9.47 Å². The lowest BCUT2D eigenvalue weighted by molar-refractivity contribution is 0.210. The monoisotopic (exact) mass is 364 g/mol. The summed E-state index contributed by atoms with van der Waals surface area (Å²) in [5.41, 5.74) is 3.05. The molecule has 140 valence electrons. The molecule has 0 unspecified atom stereocenters. The fraction of sp³-hybridized carbons (Fsp3) is 0.238. The quantitative estimate of drug-likeness (QED) is 0.563. The molecule has 0 spiro atoms. The molecule has 0 aliphatic carbocycles. The molecule has 3 rings (SSSR count). The third-order valence-corrected chi connectivity index (χ3v) is 4.02. The molecule has 1 aromatic heterocycles. The first-order chi connectivity index (χ1) is 13.3. The Kier molecular flexibility index (Phi) is 6.60. The summed E-state index contributed by atoms with van der Waals surface area (Å²) >= 11 is 0. The van der Waals surface area contributed by atoms with Gasteiger partial charge in [0.1, 0.15) is 11.6 Å². The predicted octanol–water partition coefficient (Wildman–Crippen LogP) is 3.82. The molecule has 2 aromatic carbocycles. The van der Waals surface area contributed by atoms with Crippen LogP contribution in [0.5, 0.6) is 5.75 Å². The number of rotatable bonds is 9. The molecule has 27 heavy (non-hydrogen) atoms. The Morgan fingerprint density at radius 3 is 2.37 bits per heavy atom. The zero-order valence-electron chi connectivity index (χ0n) is 15.6. The number of anilines is 2. The van der Waals surface area contributed by atoms with Gasteiger partial charge in [-0.15, -0.1) is 0 Å². The number of ether oxygens (including phenoxy) is 2. The summed E-state index contributed by atoms with van der Waals surface area (Å²) in [4.78, 5) is 9.18. The highest BCUT2D eigenvalue weighted by Gasteiger charge is 2.07. The van der Waals surface area contributed by atoms with Crippen LogP contribution in [-0.4, -0.2) is 37.3 Å². The zero-order chi connectivity index (χ0) is 18.9. The summed E-state index contributed by atoms with van der Waals surface area (Å²) in [5, 5.41) is 6.58. The highest BCUT2D eigenvalue weighted by atomic mass is 16.5. The SMILES string of the molecule is COCCNc1nc(NCc2ccc(OC)cc2)cc(-c2ccccc2)n1. The van der Waals surface area contributed by atoms with Crippen molar-refractivity contribution in [2.45, 2.75) is 6.54 Å². The smallest absolute Gasteiger partial charge is 0.225 e. The molecule has 0 atom stereocenters. The van der Waals surface area contributed by atoms with Crippen molar-refractivity contribution >= 4 is 11.8 Å². The highest BCUT2D eigenvalue weighted by Crippen LogP contribution is 2.22. The number of hydrogen-bond acceptors (Lipinski definition) is 6. The van der Waals surface area contributed by atoms with Crippen LogP contribution in [0.3, 0.4) is 0 Å². The number of aromatic nitrogens is 2.